The number of nitrogens with zero attached hydrogens (tertiary/aromatic N) is 1. The minimum absolute atomic E-state index is 0.149. The van der Waals surface area contributed by atoms with E-state index in [9.17, 15) is 25.4 Å². The Labute approximate surface area is 119 Å². The Kier molecular flexibility index (Phi) is 4.70. The quantitative estimate of drug-likeness (QED) is 0.344. The van der Waals surface area contributed by atoms with E-state index in [0.717, 1.165) is 0 Å². The molecule has 0 spiro atoms. The highest BCUT2D eigenvalue weighted by atomic mass is 16.6. The highest BCUT2D eigenvalue weighted by Crippen LogP contribution is 2.24. The molecule has 1 fully saturated rings. The smallest absolute Gasteiger partial charge is 0.271 e. The number of nitro groups is 1. The predicted octanol–water partition coefficient (Wildman–Crippen LogP) is -1.19. The van der Waals surface area contributed by atoms with Gasteiger partial charge < -0.3 is 30.5 Å². The van der Waals surface area contributed by atoms with Crippen molar-refractivity contribution in [3.8, 4) is 0 Å². The first-order chi connectivity index (χ1) is 9.93. The lowest BCUT2D eigenvalue weighted by molar-refractivity contribution is -0.384. The van der Waals surface area contributed by atoms with E-state index < -0.39 is 42.2 Å². The van der Waals surface area contributed by atoms with Crippen molar-refractivity contribution in [3.05, 3.63) is 34.4 Å². The molecule has 0 saturated carbocycles. The summed E-state index contributed by atoms with van der Waals surface area (Å²) in [5.41, 5.74) is 0.151. The summed E-state index contributed by atoms with van der Waals surface area (Å²) < 4.78 is 5.24. The molecule has 1 aliphatic rings. The summed E-state index contributed by atoms with van der Waals surface area (Å²) in [5.74, 6) is 0. The average Bonchev–Trinajstić information content (AvgIpc) is 2.48. The molecular formula is C12H16N2O7. The summed E-state index contributed by atoms with van der Waals surface area (Å²) in [6, 6.07) is 5.51. The Bertz CT molecular complexity index is 510. The SMILES string of the molecule is O=[N+]([O-])c1cccc(N[C@@H]2O[C@H](CO)[C@H](O)[C@@H](O)[C@@H]2O)c1. The molecule has 5 atom stereocenters. The van der Waals surface area contributed by atoms with Gasteiger partial charge in [-0.15, -0.1) is 0 Å². The second-order valence-corrected chi connectivity index (χ2v) is 4.70. The van der Waals surface area contributed by atoms with Crippen LogP contribution >= 0.6 is 0 Å². The maximum atomic E-state index is 10.7. The first-order valence-corrected chi connectivity index (χ1v) is 6.25. The molecule has 116 valence electrons. The minimum atomic E-state index is -1.51. The average molecular weight is 300 g/mol. The number of anilines is 1. The molecule has 0 unspecified atom stereocenters. The van der Waals surface area contributed by atoms with Gasteiger partial charge in [0.05, 0.1) is 11.5 Å². The molecule has 0 bridgehead atoms. The lowest BCUT2D eigenvalue weighted by Crippen LogP contribution is -2.60. The van der Waals surface area contributed by atoms with Gasteiger partial charge in [-0.1, -0.05) is 6.07 Å². The van der Waals surface area contributed by atoms with Gasteiger partial charge >= 0.3 is 0 Å². The molecule has 0 radical (unpaired) electrons. The molecule has 9 nitrogen and oxygen atoms in total. The van der Waals surface area contributed by atoms with Crippen LogP contribution in [0.5, 0.6) is 0 Å². The number of nitro benzene ring substituents is 1. The fraction of sp³-hybridized carbons (Fsp3) is 0.500. The summed E-state index contributed by atoms with van der Waals surface area (Å²) in [5, 5.41) is 51.6. The molecule has 1 heterocycles. The number of aliphatic hydroxyl groups is 4. The Morgan fingerprint density at radius 1 is 1.24 bits per heavy atom. The van der Waals surface area contributed by atoms with Gasteiger partial charge in [0.2, 0.25) is 0 Å². The van der Waals surface area contributed by atoms with Crippen molar-refractivity contribution in [2.24, 2.45) is 0 Å². The van der Waals surface area contributed by atoms with Crippen LogP contribution in [0.15, 0.2) is 24.3 Å². The fourth-order valence-corrected chi connectivity index (χ4v) is 2.09. The van der Waals surface area contributed by atoms with E-state index in [1.54, 1.807) is 0 Å². The third-order valence-corrected chi connectivity index (χ3v) is 3.26. The molecule has 1 aromatic carbocycles. The molecule has 5 N–H and O–H groups in total. The molecule has 21 heavy (non-hydrogen) atoms. The highest BCUT2D eigenvalue weighted by molar-refractivity contribution is 5.51. The van der Waals surface area contributed by atoms with Crippen molar-refractivity contribution in [2.75, 3.05) is 11.9 Å². The van der Waals surface area contributed by atoms with Crippen LogP contribution < -0.4 is 5.32 Å². The van der Waals surface area contributed by atoms with E-state index in [4.69, 9.17) is 9.84 Å². The third kappa shape index (κ3) is 3.28. The second-order valence-electron chi connectivity index (χ2n) is 4.70. The zero-order valence-corrected chi connectivity index (χ0v) is 10.9. The van der Waals surface area contributed by atoms with Crippen LogP contribution in [0.4, 0.5) is 11.4 Å². The Morgan fingerprint density at radius 2 is 1.95 bits per heavy atom. The summed E-state index contributed by atoms with van der Waals surface area (Å²) in [6.07, 6.45) is -6.58. The Morgan fingerprint density at radius 3 is 2.57 bits per heavy atom. The van der Waals surface area contributed by atoms with Crippen LogP contribution in [0.3, 0.4) is 0 Å². The lowest BCUT2D eigenvalue weighted by atomic mass is 9.98. The first-order valence-electron chi connectivity index (χ1n) is 6.25. The Balaban J connectivity index is 2.14. The predicted molar refractivity (Wildman–Crippen MR) is 70.5 cm³/mol. The van der Waals surface area contributed by atoms with Crippen molar-refractivity contribution in [2.45, 2.75) is 30.6 Å². The van der Waals surface area contributed by atoms with E-state index in [1.165, 1.54) is 24.3 Å². The molecule has 1 aliphatic heterocycles. The van der Waals surface area contributed by atoms with Crippen LogP contribution in [0, 0.1) is 10.1 Å². The van der Waals surface area contributed by atoms with Gasteiger partial charge in [-0.05, 0) is 6.07 Å². The molecule has 0 aromatic heterocycles. The summed E-state index contributed by atoms with van der Waals surface area (Å²) in [6.45, 7) is -0.544. The van der Waals surface area contributed by atoms with Crippen LogP contribution in [0.1, 0.15) is 0 Å². The maximum absolute atomic E-state index is 10.7. The van der Waals surface area contributed by atoms with Crippen LogP contribution in [0.25, 0.3) is 0 Å². The zero-order valence-electron chi connectivity index (χ0n) is 10.9. The molecule has 0 amide bonds. The normalized spacial score (nSPS) is 32.7. The van der Waals surface area contributed by atoms with Gasteiger partial charge in [-0.25, -0.2) is 0 Å². The molecule has 1 aromatic rings. The lowest BCUT2D eigenvalue weighted by Gasteiger charge is -2.40. The minimum Gasteiger partial charge on any atom is -0.394 e. The largest absolute Gasteiger partial charge is 0.394 e. The Hall–Kier alpha value is -1.78. The van der Waals surface area contributed by atoms with Crippen molar-refractivity contribution in [1.29, 1.82) is 0 Å². The third-order valence-electron chi connectivity index (χ3n) is 3.26. The van der Waals surface area contributed by atoms with Crippen LogP contribution in [-0.2, 0) is 4.74 Å². The molecule has 0 aliphatic carbocycles. The van der Waals surface area contributed by atoms with E-state index in [-0.39, 0.29) is 5.69 Å². The number of benzene rings is 1. The van der Waals surface area contributed by atoms with Crippen molar-refractivity contribution in [1.82, 2.24) is 0 Å². The van der Waals surface area contributed by atoms with Gasteiger partial charge in [0.25, 0.3) is 5.69 Å². The topological polar surface area (TPSA) is 145 Å². The number of hydrogen-bond donors (Lipinski definition) is 5. The summed E-state index contributed by atoms with van der Waals surface area (Å²) >= 11 is 0. The standard InChI is InChI=1S/C12H16N2O7/c15-5-8-9(16)10(17)11(18)12(21-8)13-6-2-1-3-7(4-6)14(19)20/h1-4,8-13,15-18H,5H2/t8-,9+,10-,11+,12-/m1/s1. The van der Waals surface area contributed by atoms with Crippen molar-refractivity contribution >= 4 is 11.4 Å². The zero-order chi connectivity index (χ0) is 15.6. The van der Waals surface area contributed by atoms with Crippen molar-refractivity contribution < 1.29 is 30.1 Å². The highest BCUT2D eigenvalue weighted by Gasteiger charge is 2.43. The van der Waals surface area contributed by atoms with Crippen molar-refractivity contribution in [3.63, 3.8) is 0 Å². The number of hydrogen-bond acceptors (Lipinski definition) is 8. The van der Waals surface area contributed by atoms with Gasteiger partial charge in [0.15, 0.2) is 6.23 Å². The number of rotatable bonds is 4. The van der Waals surface area contributed by atoms with Gasteiger partial charge in [-0.3, -0.25) is 10.1 Å². The summed E-state index contributed by atoms with van der Waals surface area (Å²) in [4.78, 5) is 10.1. The number of non-ortho nitro benzene ring substituents is 1. The molecular weight excluding hydrogens is 284 g/mol. The number of nitrogens with one attached hydrogen (secondary N) is 1. The van der Waals surface area contributed by atoms with E-state index in [2.05, 4.69) is 5.32 Å². The van der Waals surface area contributed by atoms with E-state index >= 15 is 0 Å². The van der Waals surface area contributed by atoms with Gasteiger partial charge in [0.1, 0.15) is 24.4 Å². The maximum Gasteiger partial charge on any atom is 0.271 e. The molecule has 9 heteroatoms. The van der Waals surface area contributed by atoms with E-state index in [0.29, 0.717) is 5.69 Å². The van der Waals surface area contributed by atoms with Crippen LogP contribution in [-0.4, -0.2) is 62.6 Å². The monoisotopic (exact) mass is 300 g/mol. The fourth-order valence-electron chi connectivity index (χ4n) is 2.09. The van der Waals surface area contributed by atoms with Gasteiger partial charge in [-0.2, -0.15) is 0 Å². The summed E-state index contributed by atoms with van der Waals surface area (Å²) in [7, 11) is 0. The van der Waals surface area contributed by atoms with Crippen LogP contribution in [0.2, 0.25) is 0 Å². The number of ether oxygens (including phenoxy) is 1. The van der Waals surface area contributed by atoms with E-state index in [1.807, 2.05) is 0 Å². The number of aliphatic hydroxyl groups excluding tert-OH is 4. The molecule has 1 saturated heterocycles. The molecule has 2 rings (SSSR count). The second kappa shape index (κ2) is 6.33. The van der Waals surface area contributed by atoms with Gasteiger partial charge in [0, 0.05) is 17.8 Å². The first kappa shape index (κ1) is 15.6.